The predicted octanol–water partition coefficient (Wildman–Crippen LogP) is 2.52. The van der Waals surface area contributed by atoms with E-state index in [1.54, 1.807) is 28.9 Å². The van der Waals surface area contributed by atoms with Gasteiger partial charge in [0.25, 0.3) is 0 Å². The molecular formula is C13H18N6S. The highest BCUT2D eigenvalue weighted by molar-refractivity contribution is 7.99. The second-order valence-electron chi connectivity index (χ2n) is 4.84. The van der Waals surface area contributed by atoms with Crippen LogP contribution in [0.4, 0.5) is 5.95 Å². The van der Waals surface area contributed by atoms with Crippen LogP contribution in [-0.4, -0.2) is 36.8 Å². The Balaban J connectivity index is 1.84. The first kappa shape index (κ1) is 13.4. The van der Waals surface area contributed by atoms with Crippen LogP contribution in [0.25, 0.3) is 5.95 Å². The van der Waals surface area contributed by atoms with E-state index in [0.717, 1.165) is 5.16 Å². The Bertz CT molecular complexity index is 550. The van der Waals surface area contributed by atoms with Crippen molar-refractivity contribution in [3.05, 3.63) is 18.7 Å². The van der Waals surface area contributed by atoms with E-state index in [4.69, 9.17) is 0 Å². The van der Waals surface area contributed by atoms with Crippen molar-refractivity contribution in [2.45, 2.75) is 42.5 Å². The van der Waals surface area contributed by atoms with Crippen LogP contribution < -0.4 is 5.32 Å². The number of hydrogen-bond donors (Lipinski definition) is 1. The second kappa shape index (κ2) is 6.21. The number of rotatable bonds is 4. The Kier molecular flexibility index (Phi) is 4.15. The second-order valence-corrected chi connectivity index (χ2v) is 6.11. The zero-order valence-corrected chi connectivity index (χ0v) is 12.3. The third kappa shape index (κ3) is 3.09. The topological polar surface area (TPSA) is 68.5 Å². The summed E-state index contributed by atoms with van der Waals surface area (Å²) >= 11 is 1.77. The van der Waals surface area contributed by atoms with Gasteiger partial charge in [-0.15, -0.1) is 0 Å². The van der Waals surface area contributed by atoms with E-state index < -0.39 is 0 Å². The fourth-order valence-corrected chi connectivity index (χ4v) is 3.48. The number of imidazole rings is 1. The minimum absolute atomic E-state index is 0.599. The van der Waals surface area contributed by atoms with Gasteiger partial charge in [0.15, 0.2) is 5.16 Å². The van der Waals surface area contributed by atoms with E-state index in [9.17, 15) is 0 Å². The Morgan fingerprint density at radius 1 is 1.20 bits per heavy atom. The van der Waals surface area contributed by atoms with Crippen LogP contribution in [0.5, 0.6) is 0 Å². The van der Waals surface area contributed by atoms with Crippen LogP contribution in [0.3, 0.4) is 0 Å². The molecule has 0 aromatic carbocycles. The molecule has 0 unspecified atom stereocenters. The molecule has 0 radical (unpaired) electrons. The first-order chi connectivity index (χ1) is 9.85. The molecule has 1 fully saturated rings. The zero-order valence-electron chi connectivity index (χ0n) is 11.5. The molecule has 20 heavy (non-hydrogen) atoms. The summed E-state index contributed by atoms with van der Waals surface area (Å²) in [6.07, 6.45) is 11.8. The minimum atomic E-state index is 0.599. The van der Waals surface area contributed by atoms with Gasteiger partial charge in [0.1, 0.15) is 6.33 Å². The molecule has 0 saturated heterocycles. The summed E-state index contributed by atoms with van der Waals surface area (Å²) in [5, 5.41) is 4.42. The van der Waals surface area contributed by atoms with E-state index >= 15 is 0 Å². The van der Waals surface area contributed by atoms with Crippen LogP contribution in [0.15, 0.2) is 23.9 Å². The first-order valence-electron chi connectivity index (χ1n) is 6.94. The molecule has 0 spiro atoms. The summed E-state index contributed by atoms with van der Waals surface area (Å²) in [7, 11) is 1.82. The lowest BCUT2D eigenvalue weighted by molar-refractivity contribution is 0.515. The molecule has 1 N–H and O–H groups in total. The normalized spacial score (nSPS) is 16.2. The van der Waals surface area contributed by atoms with E-state index in [0.29, 0.717) is 17.1 Å². The summed E-state index contributed by atoms with van der Waals surface area (Å²) in [6.45, 7) is 0. The molecule has 2 heterocycles. The highest BCUT2D eigenvalue weighted by atomic mass is 32.2. The number of aromatic nitrogens is 5. The summed E-state index contributed by atoms with van der Waals surface area (Å²) in [5.41, 5.74) is 0. The maximum absolute atomic E-state index is 4.54. The Morgan fingerprint density at radius 3 is 2.75 bits per heavy atom. The number of hydrogen-bond acceptors (Lipinski definition) is 6. The van der Waals surface area contributed by atoms with Crippen molar-refractivity contribution in [3.63, 3.8) is 0 Å². The summed E-state index contributed by atoms with van der Waals surface area (Å²) < 4.78 is 1.80. The first-order valence-corrected chi connectivity index (χ1v) is 7.82. The number of nitrogens with one attached hydrogen (secondary N) is 1. The van der Waals surface area contributed by atoms with Gasteiger partial charge in [-0.25, -0.2) is 4.98 Å². The third-order valence-corrected chi connectivity index (χ3v) is 4.58. The Hall–Kier alpha value is -1.63. The average molecular weight is 290 g/mol. The van der Waals surface area contributed by atoms with Crippen LogP contribution in [-0.2, 0) is 0 Å². The quantitative estimate of drug-likeness (QED) is 0.933. The molecule has 7 heteroatoms. The van der Waals surface area contributed by atoms with E-state index in [2.05, 4.69) is 25.3 Å². The largest absolute Gasteiger partial charge is 0.357 e. The Labute approximate surface area is 122 Å². The lowest BCUT2D eigenvalue weighted by atomic mass is 10.0. The van der Waals surface area contributed by atoms with Crippen molar-refractivity contribution in [2.24, 2.45) is 0 Å². The van der Waals surface area contributed by atoms with Crippen molar-refractivity contribution in [1.82, 2.24) is 24.5 Å². The van der Waals surface area contributed by atoms with Gasteiger partial charge < -0.3 is 5.32 Å². The standard InChI is InChI=1S/C13H18N6S/c1-14-11-16-12(19-8-7-15-9-19)18-13(17-11)20-10-5-3-2-4-6-10/h7-10H,2-6H2,1H3,(H,14,16,17,18). The summed E-state index contributed by atoms with van der Waals surface area (Å²) in [5.74, 6) is 1.21. The van der Waals surface area contributed by atoms with Gasteiger partial charge in [0.2, 0.25) is 11.9 Å². The van der Waals surface area contributed by atoms with Crippen LogP contribution >= 0.6 is 11.8 Å². The third-order valence-electron chi connectivity index (χ3n) is 3.39. The molecular weight excluding hydrogens is 272 g/mol. The molecule has 2 aromatic heterocycles. The molecule has 1 aliphatic carbocycles. The predicted molar refractivity (Wildman–Crippen MR) is 79.2 cm³/mol. The van der Waals surface area contributed by atoms with Gasteiger partial charge in [0, 0.05) is 24.7 Å². The molecule has 1 aliphatic rings. The Morgan fingerprint density at radius 2 is 2.05 bits per heavy atom. The highest BCUT2D eigenvalue weighted by Crippen LogP contribution is 2.32. The van der Waals surface area contributed by atoms with Crippen molar-refractivity contribution in [1.29, 1.82) is 0 Å². The van der Waals surface area contributed by atoms with E-state index in [1.807, 2.05) is 13.2 Å². The van der Waals surface area contributed by atoms with Crippen molar-refractivity contribution in [2.75, 3.05) is 12.4 Å². The number of nitrogens with zero attached hydrogens (tertiary/aromatic N) is 5. The summed E-state index contributed by atoms with van der Waals surface area (Å²) in [6, 6.07) is 0. The SMILES string of the molecule is CNc1nc(SC2CCCCC2)nc(-n2ccnc2)n1. The van der Waals surface area contributed by atoms with E-state index in [1.165, 1.54) is 32.1 Å². The van der Waals surface area contributed by atoms with Crippen molar-refractivity contribution >= 4 is 17.7 Å². The molecule has 106 valence electrons. The fraction of sp³-hybridized carbons (Fsp3) is 0.538. The number of thioether (sulfide) groups is 1. The molecule has 0 amide bonds. The molecule has 0 atom stereocenters. The van der Waals surface area contributed by atoms with Gasteiger partial charge >= 0.3 is 0 Å². The monoisotopic (exact) mass is 290 g/mol. The zero-order chi connectivity index (χ0) is 13.8. The molecule has 0 aliphatic heterocycles. The molecule has 3 rings (SSSR count). The van der Waals surface area contributed by atoms with Crippen molar-refractivity contribution < 1.29 is 0 Å². The lowest BCUT2D eigenvalue weighted by Crippen LogP contribution is -2.11. The molecule has 2 aromatic rings. The van der Waals surface area contributed by atoms with E-state index in [-0.39, 0.29) is 0 Å². The van der Waals surface area contributed by atoms with Crippen LogP contribution in [0.2, 0.25) is 0 Å². The van der Waals surface area contributed by atoms with Gasteiger partial charge in [-0.3, -0.25) is 4.57 Å². The van der Waals surface area contributed by atoms with Gasteiger partial charge in [-0.1, -0.05) is 31.0 Å². The van der Waals surface area contributed by atoms with Gasteiger partial charge in [-0.2, -0.15) is 15.0 Å². The maximum atomic E-state index is 4.54. The molecule has 0 bridgehead atoms. The minimum Gasteiger partial charge on any atom is -0.357 e. The number of anilines is 1. The van der Waals surface area contributed by atoms with Crippen molar-refractivity contribution in [3.8, 4) is 5.95 Å². The van der Waals surface area contributed by atoms with Gasteiger partial charge in [-0.05, 0) is 12.8 Å². The summed E-state index contributed by atoms with van der Waals surface area (Å²) in [4.78, 5) is 17.4. The van der Waals surface area contributed by atoms with Crippen LogP contribution in [0, 0.1) is 0 Å². The lowest BCUT2D eigenvalue weighted by Gasteiger charge is -2.20. The molecule has 6 nitrogen and oxygen atoms in total. The highest BCUT2D eigenvalue weighted by Gasteiger charge is 2.17. The maximum Gasteiger partial charge on any atom is 0.240 e. The van der Waals surface area contributed by atoms with Gasteiger partial charge in [0.05, 0.1) is 0 Å². The van der Waals surface area contributed by atoms with Crippen LogP contribution in [0.1, 0.15) is 32.1 Å². The smallest absolute Gasteiger partial charge is 0.240 e. The average Bonchev–Trinajstić information content (AvgIpc) is 3.02. The molecule has 1 saturated carbocycles. The fourth-order valence-electron chi connectivity index (χ4n) is 2.34.